The van der Waals surface area contributed by atoms with E-state index in [4.69, 9.17) is 4.74 Å². The predicted octanol–water partition coefficient (Wildman–Crippen LogP) is 1.75. The van der Waals surface area contributed by atoms with Crippen LogP contribution in [0.3, 0.4) is 0 Å². The molecule has 1 aliphatic rings. The SMILES string of the molecule is COC(=O)[C@H]1CCCCN1CC(O)c1ccccc1. The van der Waals surface area contributed by atoms with Gasteiger partial charge in [0.1, 0.15) is 6.04 Å². The molecule has 19 heavy (non-hydrogen) atoms. The second-order valence-electron chi connectivity index (χ2n) is 4.96. The first-order valence-corrected chi connectivity index (χ1v) is 6.77. The first-order chi connectivity index (χ1) is 9.22. The molecular weight excluding hydrogens is 242 g/mol. The maximum Gasteiger partial charge on any atom is 0.323 e. The van der Waals surface area contributed by atoms with E-state index in [9.17, 15) is 9.90 Å². The van der Waals surface area contributed by atoms with Gasteiger partial charge in [-0.2, -0.15) is 0 Å². The molecule has 1 aromatic carbocycles. The molecule has 2 atom stereocenters. The molecule has 4 heteroatoms. The molecule has 4 nitrogen and oxygen atoms in total. The summed E-state index contributed by atoms with van der Waals surface area (Å²) >= 11 is 0. The summed E-state index contributed by atoms with van der Waals surface area (Å²) in [6.45, 7) is 1.31. The Morgan fingerprint density at radius 1 is 1.42 bits per heavy atom. The molecule has 0 spiro atoms. The third kappa shape index (κ3) is 3.55. The summed E-state index contributed by atoms with van der Waals surface area (Å²) in [6.07, 6.45) is 2.35. The Kier molecular flexibility index (Phi) is 4.93. The highest BCUT2D eigenvalue weighted by atomic mass is 16.5. The molecule has 0 bridgehead atoms. The van der Waals surface area contributed by atoms with Crippen LogP contribution in [0.15, 0.2) is 30.3 Å². The number of benzene rings is 1. The van der Waals surface area contributed by atoms with E-state index in [1.807, 2.05) is 35.2 Å². The van der Waals surface area contributed by atoms with Gasteiger partial charge in [-0.3, -0.25) is 9.69 Å². The molecule has 1 aliphatic heterocycles. The Morgan fingerprint density at radius 3 is 2.84 bits per heavy atom. The lowest BCUT2D eigenvalue weighted by atomic mass is 10.0. The molecular formula is C15H21NO3. The van der Waals surface area contributed by atoms with Crippen LogP contribution in [0.25, 0.3) is 0 Å². The number of methoxy groups -OCH3 is 1. The van der Waals surface area contributed by atoms with Crippen LogP contribution in [-0.4, -0.2) is 42.2 Å². The summed E-state index contributed by atoms with van der Waals surface area (Å²) in [6, 6.07) is 9.34. The number of aliphatic hydroxyl groups is 1. The number of carbonyl (C=O) groups excluding carboxylic acids is 1. The Bertz CT molecular complexity index is 407. The second-order valence-corrected chi connectivity index (χ2v) is 4.96. The molecule has 1 N–H and O–H groups in total. The van der Waals surface area contributed by atoms with Crippen molar-refractivity contribution in [1.29, 1.82) is 0 Å². The van der Waals surface area contributed by atoms with Crippen LogP contribution in [0.4, 0.5) is 0 Å². The van der Waals surface area contributed by atoms with Crippen molar-refractivity contribution in [1.82, 2.24) is 4.90 Å². The second kappa shape index (κ2) is 6.68. The molecule has 0 aliphatic carbocycles. The highest BCUT2D eigenvalue weighted by Gasteiger charge is 2.30. The number of likely N-dealkylation sites (tertiary alicyclic amines) is 1. The summed E-state index contributed by atoms with van der Waals surface area (Å²) in [5, 5.41) is 10.3. The normalized spacial score (nSPS) is 21.9. The van der Waals surface area contributed by atoms with Crippen molar-refractivity contribution in [3.8, 4) is 0 Å². The standard InChI is InChI=1S/C15H21NO3/c1-19-15(18)13-9-5-6-10-16(13)11-14(17)12-7-3-2-4-8-12/h2-4,7-8,13-14,17H,5-6,9-11H2,1H3/t13-,14?/m1/s1. The van der Waals surface area contributed by atoms with Gasteiger partial charge >= 0.3 is 5.97 Å². The molecule has 2 rings (SSSR count). The maximum absolute atomic E-state index is 11.7. The van der Waals surface area contributed by atoms with Crippen LogP contribution in [0, 0.1) is 0 Å². The third-order valence-electron chi connectivity index (χ3n) is 3.68. The smallest absolute Gasteiger partial charge is 0.323 e. The first-order valence-electron chi connectivity index (χ1n) is 6.77. The number of aliphatic hydroxyl groups excluding tert-OH is 1. The number of nitrogens with zero attached hydrogens (tertiary/aromatic N) is 1. The van der Waals surface area contributed by atoms with Gasteiger partial charge in [0.05, 0.1) is 13.2 Å². The van der Waals surface area contributed by atoms with E-state index >= 15 is 0 Å². The minimum absolute atomic E-state index is 0.194. The molecule has 0 radical (unpaired) electrons. The fourth-order valence-corrected chi connectivity index (χ4v) is 2.62. The lowest BCUT2D eigenvalue weighted by Gasteiger charge is -2.35. The largest absolute Gasteiger partial charge is 0.468 e. The molecule has 1 aromatic rings. The van der Waals surface area contributed by atoms with Crippen LogP contribution < -0.4 is 0 Å². The number of hydrogen-bond donors (Lipinski definition) is 1. The van der Waals surface area contributed by atoms with Crippen molar-refractivity contribution in [2.75, 3.05) is 20.2 Å². The van der Waals surface area contributed by atoms with E-state index < -0.39 is 6.10 Å². The minimum atomic E-state index is -0.563. The zero-order chi connectivity index (χ0) is 13.7. The summed E-state index contributed by atoms with van der Waals surface area (Å²) in [4.78, 5) is 13.8. The van der Waals surface area contributed by atoms with Crippen molar-refractivity contribution in [3.05, 3.63) is 35.9 Å². The Labute approximate surface area is 114 Å². The van der Waals surface area contributed by atoms with Crippen LogP contribution >= 0.6 is 0 Å². The van der Waals surface area contributed by atoms with Gasteiger partial charge in [-0.05, 0) is 24.9 Å². The van der Waals surface area contributed by atoms with E-state index in [0.29, 0.717) is 6.54 Å². The highest BCUT2D eigenvalue weighted by Crippen LogP contribution is 2.22. The maximum atomic E-state index is 11.7. The molecule has 1 fully saturated rings. The molecule has 0 saturated carbocycles. The monoisotopic (exact) mass is 263 g/mol. The minimum Gasteiger partial charge on any atom is -0.468 e. The van der Waals surface area contributed by atoms with E-state index in [2.05, 4.69) is 0 Å². The van der Waals surface area contributed by atoms with Gasteiger partial charge in [-0.15, -0.1) is 0 Å². The molecule has 1 unspecified atom stereocenters. The van der Waals surface area contributed by atoms with E-state index in [1.165, 1.54) is 7.11 Å². The van der Waals surface area contributed by atoms with Gasteiger partial charge < -0.3 is 9.84 Å². The molecule has 0 amide bonds. The lowest BCUT2D eigenvalue weighted by molar-refractivity contribution is -0.148. The van der Waals surface area contributed by atoms with Gasteiger partial charge in [-0.1, -0.05) is 36.8 Å². The number of rotatable bonds is 4. The summed E-state index contributed by atoms with van der Waals surface area (Å²) in [7, 11) is 1.42. The summed E-state index contributed by atoms with van der Waals surface area (Å²) < 4.78 is 4.84. The number of carbonyl (C=O) groups is 1. The summed E-state index contributed by atoms with van der Waals surface area (Å²) in [5.74, 6) is -0.194. The zero-order valence-corrected chi connectivity index (χ0v) is 11.3. The van der Waals surface area contributed by atoms with Crippen molar-refractivity contribution in [2.24, 2.45) is 0 Å². The van der Waals surface area contributed by atoms with E-state index in [-0.39, 0.29) is 12.0 Å². The fourth-order valence-electron chi connectivity index (χ4n) is 2.62. The number of piperidine rings is 1. The average molecular weight is 263 g/mol. The van der Waals surface area contributed by atoms with Crippen molar-refractivity contribution in [2.45, 2.75) is 31.4 Å². The third-order valence-corrected chi connectivity index (χ3v) is 3.68. The van der Waals surface area contributed by atoms with Gasteiger partial charge in [0.25, 0.3) is 0 Å². The fraction of sp³-hybridized carbons (Fsp3) is 0.533. The van der Waals surface area contributed by atoms with Gasteiger partial charge in [-0.25, -0.2) is 0 Å². The van der Waals surface area contributed by atoms with Gasteiger partial charge in [0.2, 0.25) is 0 Å². The van der Waals surface area contributed by atoms with Crippen LogP contribution in [0.1, 0.15) is 30.9 Å². The average Bonchev–Trinajstić information content (AvgIpc) is 2.48. The number of esters is 1. The van der Waals surface area contributed by atoms with E-state index in [1.54, 1.807) is 0 Å². The van der Waals surface area contributed by atoms with Gasteiger partial charge in [0, 0.05) is 6.54 Å². The van der Waals surface area contributed by atoms with Crippen LogP contribution in [-0.2, 0) is 9.53 Å². The molecule has 1 saturated heterocycles. The van der Waals surface area contributed by atoms with Gasteiger partial charge in [0.15, 0.2) is 0 Å². The van der Waals surface area contributed by atoms with Crippen LogP contribution in [0.5, 0.6) is 0 Å². The van der Waals surface area contributed by atoms with E-state index in [0.717, 1.165) is 31.4 Å². The van der Waals surface area contributed by atoms with Crippen LogP contribution in [0.2, 0.25) is 0 Å². The molecule has 1 heterocycles. The Morgan fingerprint density at radius 2 is 2.16 bits per heavy atom. The lowest BCUT2D eigenvalue weighted by Crippen LogP contribution is -2.46. The molecule has 0 aromatic heterocycles. The highest BCUT2D eigenvalue weighted by molar-refractivity contribution is 5.75. The van der Waals surface area contributed by atoms with Crippen molar-refractivity contribution < 1.29 is 14.6 Å². The Hall–Kier alpha value is -1.39. The zero-order valence-electron chi connectivity index (χ0n) is 11.3. The van der Waals surface area contributed by atoms with Crippen molar-refractivity contribution >= 4 is 5.97 Å². The first kappa shape index (κ1) is 14.0. The number of hydrogen-bond acceptors (Lipinski definition) is 4. The Balaban J connectivity index is 2.01. The molecule has 104 valence electrons. The van der Waals surface area contributed by atoms with Crippen molar-refractivity contribution in [3.63, 3.8) is 0 Å². The number of β-amino-alcohol motifs (C(OH)–C–C–N with tert-alkyl or cyclic N) is 1. The predicted molar refractivity (Wildman–Crippen MR) is 72.6 cm³/mol. The number of ether oxygens (including phenoxy) is 1. The summed E-state index contributed by atoms with van der Waals surface area (Å²) in [5.41, 5.74) is 0.886. The topological polar surface area (TPSA) is 49.8 Å². The quantitative estimate of drug-likeness (QED) is 0.841.